The predicted molar refractivity (Wildman–Crippen MR) is 41.6 cm³/mol. The van der Waals surface area contributed by atoms with Crippen molar-refractivity contribution in [2.24, 2.45) is 0 Å². The van der Waals surface area contributed by atoms with Gasteiger partial charge in [-0.05, 0) is 6.04 Å². The zero-order valence-corrected chi connectivity index (χ0v) is 7.29. The maximum Gasteiger partial charge on any atom is 0.401 e. The minimum absolute atomic E-state index is 0.131. The van der Waals surface area contributed by atoms with Crippen LogP contribution in [0, 0.1) is 0 Å². The van der Waals surface area contributed by atoms with E-state index in [-0.39, 0.29) is 6.09 Å². The summed E-state index contributed by atoms with van der Waals surface area (Å²) >= 11 is 0. The third-order valence-electron chi connectivity index (χ3n) is 1.45. The van der Waals surface area contributed by atoms with Gasteiger partial charge in [0, 0.05) is 6.54 Å². The van der Waals surface area contributed by atoms with Crippen LogP contribution in [-0.2, 0) is 4.74 Å². The zero-order chi connectivity index (χ0) is 7.40. The van der Waals surface area contributed by atoms with Crippen LogP contribution in [0.4, 0.5) is 4.79 Å². The molecule has 1 fully saturated rings. The van der Waals surface area contributed by atoms with Gasteiger partial charge < -0.3 is 9.30 Å². The molecule has 0 saturated carbocycles. The monoisotopic (exact) mass is 157 g/mol. The quantitative estimate of drug-likeness (QED) is 0.430. The smallest absolute Gasteiger partial charge is 0.401 e. The maximum atomic E-state index is 10.8. The Balaban J connectivity index is 2.26. The summed E-state index contributed by atoms with van der Waals surface area (Å²) in [6.45, 7) is 4.97. The third kappa shape index (κ3) is 1.60. The van der Waals surface area contributed by atoms with Crippen LogP contribution in [-0.4, -0.2) is 33.5 Å². The number of nitrogens with zero attached hydrogens (tertiary/aromatic N) is 1. The molecule has 0 aromatic rings. The summed E-state index contributed by atoms with van der Waals surface area (Å²) < 4.78 is 6.57. The molecule has 0 spiro atoms. The molecule has 1 heterocycles. The van der Waals surface area contributed by atoms with Crippen LogP contribution in [0.15, 0.2) is 12.7 Å². The van der Waals surface area contributed by atoms with E-state index in [1.807, 2.05) is 10.6 Å². The molecule has 1 aliphatic heterocycles. The highest BCUT2D eigenvalue weighted by atomic mass is 28.2. The van der Waals surface area contributed by atoms with Crippen molar-refractivity contribution in [3.63, 3.8) is 0 Å². The number of hydrogen-bond donors (Lipinski definition) is 0. The Morgan fingerprint density at radius 2 is 2.70 bits per heavy atom. The number of allylic oxidation sites excluding steroid dienone is 1. The van der Waals surface area contributed by atoms with Gasteiger partial charge in [-0.2, -0.15) is 0 Å². The zero-order valence-electron chi connectivity index (χ0n) is 5.88. The Morgan fingerprint density at radius 3 is 3.20 bits per heavy atom. The molecule has 0 aromatic heterocycles. The molecule has 10 heavy (non-hydrogen) atoms. The minimum Gasteiger partial charge on any atom is -0.448 e. The van der Waals surface area contributed by atoms with Crippen LogP contribution >= 0.6 is 0 Å². The molecule has 1 rings (SSSR count). The van der Waals surface area contributed by atoms with Crippen molar-refractivity contribution in [1.29, 1.82) is 0 Å². The highest BCUT2D eigenvalue weighted by Gasteiger charge is 2.19. The molecule has 4 heteroatoms. The highest BCUT2D eigenvalue weighted by molar-refractivity contribution is 6.37. The van der Waals surface area contributed by atoms with E-state index in [1.165, 1.54) is 0 Å². The average molecular weight is 157 g/mol. The molecule has 56 valence electrons. The lowest BCUT2D eigenvalue weighted by Crippen LogP contribution is -2.27. The summed E-state index contributed by atoms with van der Waals surface area (Å²) in [7, 11) is -0.419. The van der Waals surface area contributed by atoms with Crippen molar-refractivity contribution in [2.45, 2.75) is 6.04 Å². The first kappa shape index (κ1) is 7.34. The Hall–Kier alpha value is -0.773. The van der Waals surface area contributed by atoms with Gasteiger partial charge in [-0.3, -0.25) is 0 Å². The Morgan fingerprint density at radius 1 is 1.90 bits per heavy atom. The summed E-state index contributed by atoms with van der Waals surface area (Å²) in [6, 6.07) is 0.981. The van der Waals surface area contributed by atoms with E-state index in [4.69, 9.17) is 4.74 Å². The SMILES string of the molecule is C=CC[SiH2]N1CCOC1=O. The molecule has 0 N–H and O–H groups in total. The highest BCUT2D eigenvalue weighted by Crippen LogP contribution is 2.01. The number of carbonyl (C=O) groups excluding carboxylic acids is 1. The molecular formula is C6H11NO2Si. The van der Waals surface area contributed by atoms with E-state index in [0.29, 0.717) is 6.61 Å². The van der Waals surface area contributed by atoms with Crippen LogP contribution in [0.1, 0.15) is 0 Å². The molecular weight excluding hydrogens is 146 g/mol. The summed E-state index contributed by atoms with van der Waals surface area (Å²) in [5.41, 5.74) is 0. The summed E-state index contributed by atoms with van der Waals surface area (Å²) in [5.74, 6) is 0. The van der Waals surface area contributed by atoms with Crippen LogP contribution in [0.3, 0.4) is 0 Å². The van der Waals surface area contributed by atoms with Crippen LogP contribution in [0.25, 0.3) is 0 Å². The lowest BCUT2D eigenvalue weighted by Gasteiger charge is -2.08. The molecule has 0 radical (unpaired) electrons. The molecule has 1 aliphatic rings. The van der Waals surface area contributed by atoms with Gasteiger partial charge in [0.15, 0.2) is 0 Å². The molecule has 0 aromatic carbocycles. The average Bonchev–Trinajstić information content (AvgIpc) is 2.31. The fourth-order valence-electron chi connectivity index (χ4n) is 0.876. The van der Waals surface area contributed by atoms with Gasteiger partial charge in [0.2, 0.25) is 0 Å². The number of cyclic esters (lactones) is 1. The predicted octanol–water partition coefficient (Wildman–Crippen LogP) is 0.127. The summed E-state index contributed by atoms with van der Waals surface area (Å²) in [4.78, 5) is 10.8. The molecule has 0 aliphatic carbocycles. The Labute approximate surface area is 62.6 Å². The normalized spacial score (nSPS) is 18.4. The van der Waals surface area contributed by atoms with Crippen LogP contribution in [0.2, 0.25) is 6.04 Å². The molecule has 1 saturated heterocycles. The number of hydrogen-bond acceptors (Lipinski definition) is 2. The number of ether oxygens (including phenoxy) is 1. The molecule has 0 atom stereocenters. The van der Waals surface area contributed by atoms with Gasteiger partial charge >= 0.3 is 6.09 Å². The summed E-state index contributed by atoms with van der Waals surface area (Å²) in [6.07, 6.45) is 1.73. The molecule has 1 amide bonds. The largest absolute Gasteiger partial charge is 0.448 e. The van der Waals surface area contributed by atoms with Gasteiger partial charge in [0.05, 0.1) is 0 Å². The number of amides is 1. The fraction of sp³-hybridized carbons (Fsp3) is 0.500. The van der Waals surface area contributed by atoms with Crippen LogP contribution < -0.4 is 0 Å². The third-order valence-corrected chi connectivity index (χ3v) is 3.23. The van der Waals surface area contributed by atoms with Crippen molar-refractivity contribution >= 4 is 15.8 Å². The van der Waals surface area contributed by atoms with E-state index in [2.05, 4.69) is 6.58 Å². The maximum absolute atomic E-state index is 10.8. The van der Waals surface area contributed by atoms with Gasteiger partial charge in [-0.25, -0.2) is 4.79 Å². The molecule has 0 unspecified atom stereocenters. The second-order valence-corrected chi connectivity index (χ2v) is 3.97. The van der Waals surface area contributed by atoms with Crippen molar-refractivity contribution in [1.82, 2.24) is 4.57 Å². The van der Waals surface area contributed by atoms with E-state index >= 15 is 0 Å². The van der Waals surface area contributed by atoms with E-state index in [9.17, 15) is 4.79 Å². The van der Waals surface area contributed by atoms with Crippen molar-refractivity contribution in [3.05, 3.63) is 12.7 Å². The number of carbonyl (C=O) groups is 1. The Kier molecular flexibility index (Phi) is 2.50. The van der Waals surface area contributed by atoms with Gasteiger partial charge in [-0.15, -0.1) is 6.58 Å². The van der Waals surface area contributed by atoms with Crippen molar-refractivity contribution in [3.8, 4) is 0 Å². The number of rotatable bonds is 3. The second kappa shape index (κ2) is 3.41. The fourth-order valence-corrected chi connectivity index (χ4v) is 2.00. The first-order valence-corrected chi connectivity index (χ1v) is 5.00. The second-order valence-electron chi connectivity index (χ2n) is 2.18. The van der Waals surface area contributed by atoms with Crippen LogP contribution in [0.5, 0.6) is 0 Å². The summed E-state index contributed by atoms with van der Waals surface area (Å²) in [5, 5.41) is 0. The van der Waals surface area contributed by atoms with E-state index in [0.717, 1.165) is 12.6 Å². The Bertz CT molecular complexity index is 149. The lowest BCUT2D eigenvalue weighted by molar-refractivity contribution is 0.170. The van der Waals surface area contributed by atoms with E-state index < -0.39 is 9.68 Å². The lowest BCUT2D eigenvalue weighted by atomic mass is 10.7. The van der Waals surface area contributed by atoms with E-state index in [1.54, 1.807) is 0 Å². The topological polar surface area (TPSA) is 29.5 Å². The van der Waals surface area contributed by atoms with Crippen molar-refractivity contribution in [2.75, 3.05) is 13.2 Å². The molecule has 3 nitrogen and oxygen atoms in total. The van der Waals surface area contributed by atoms with Gasteiger partial charge in [0.25, 0.3) is 0 Å². The van der Waals surface area contributed by atoms with Crippen molar-refractivity contribution < 1.29 is 9.53 Å². The molecule has 0 bridgehead atoms. The standard InChI is InChI=1S/C6H11NO2Si/c1-2-5-10-7-3-4-9-6(7)8/h2H,1,3-5,10H2. The first-order chi connectivity index (χ1) is 4.84. The minimum atomic E-state index is -0.419. The van der Waals surface area contributed by atoms with Gasteiger partial charge in [0.1, 0.15) is 16.3 Å². The first-order valence-electron chi connectivity index (χ1n) is 3.37. The van der Waals surface area contributed by atoms with Gasteiger partial charge in [-0.1, -0.05) is 6.08 Å².